The van der Waals surface area contributed by atoms with Crippen molar-refractivity contribution in [1.82, 2.24) is 20.0 Å². The second-order valence-corrected chi connectivity index (χ2v) is 5.22. The predicted octanol–water partition coefficient (Wildman–Crippen LogP) is 0.130. The van der Waals surface area contributed by atoms with E-state index >= 15 is 0 Å². The van der Waals surface area contributed by atoms with Crippen molar-refractivity contribution in [2.24, 2.45) is 0 Å². The summed E-state index contributed by atoms with van der Waals surface area (Å²) in [4.78, 5) is 16.1. The third-order valence-electron chi connectivity index (χ3n) is 3.79. The van der Waals surface area contributed by atoms with Gasteiger partial charge in [0.05, 0.1) is 12.5 Å². The molecule has 2 heterocycles. The molecule has 1 aromatic heterocycles. The molecule has 1 aromatic rings. The molecule has 6 heteroatoms. The summed E-state index contributed by atoms with van der Waals surface area (Å²) in [5.74, 6) is 0.110. The monoisotopic (exact) mass is 266 g/mol. The van der Waals surface area contributed by atoms with Crippen LogP contribution < -0.4 is 0 Å². The van der Waals surface area contributed by atoms with Gasteiger partial charge in [-0.1, -0.05) is 0 Å². The van der Waals surface area contributed by atoms with E-state index in [0.717, 1.165) is 25.2 Å². The number of aromatic amines is 1. The van der Waals surface area contributed by atoms with Crippen LogP contribution >= 0.6 is 0 Å². The molecule has 1 aliphatic rings. The van der Waals surface area contributed by atoms with Crippen LogP contribution in [0.2, 0.25) is 0 Å². The summed E-state index contributed by atoms with van der Waals surface area (Å²) in [5.41, 5.74) is 0.853. The number of hydrogen-bond acceptors (Lipinski definition) is 4. The Balaban J connectivity index is 1.83. The Bertz CT molecular complexity index is 407. The van der Waals surface area contributed by atoms with Gasteiger partial charge in [-0.05, 0) is 19.5 Å². The van der Waals surface area contributed by atoms with E-state index in [-0.39, 0.29) is 12.0 Å². The molecule has 106 valence electrons. The molecule has 2 atom stereocenters. The fraction of sp³-hybridized carbons (Fsp3) is 0.692. The van der Waals surface area contributed by atoms with Crippen LogP contribution in [0.5, 0.6) is 0 Å². The van der Waals surface area contributed by atoms with Gasteiger partial charge in [-0.15, -0.1) is 0 Å². The highest BCUT2D eigenvalue weighted by Crippen LogP contribution is 2.18. The van der Waals surface area contributed by atoms with Crippen LogP contribution in [0, 0.1) is 0 Å². The summed E-state index contributed by atoms with van der Waals surface area (Å²) >= 11 is 0. The van der Waals surface area contributed by atoms with Gasteiger partial charge in [-0.3, -0.25) is 14.8 Å². The lowest BCUT2D eigenvalue weighted by atomic mass is 10.2. The van der Waals surface area contributed by atoms with E-state index in [0.29, 0.717) is 12.5 Å². The van der Waals surface area contributed by atoms with Crippen LogP contribution in [0.25, 0.3) is 0 Å². The Kier molecular flexibility index (Phi) is 4.55. The minimum atomic E-state index is 0.110. The first kappa shape index (κ1) is 14.0. The minimum absolute atomic E-state index is 0.110. The van der Waals surface area contributed by atoms with Gasteiger partial charge in [0, 0.05) is 45.2 Å². The second-order valence-electron chi connectivity index (χ2n) is 5.22. The van der Waals surface area contributed by atoms with Gasteiger partial charge in [0.15, 0.2) is 0 Å². The standard InChI is InChI=1S/C13H22N4O2/c1-16-9-12(19-3)7-11(16)8-17(2)13(18)6-10-4-5-14-15-10/h4-5,11-12H,6-9H2,1-3H3,(H,14,15)/t11-,12-/m0/s1. The Morgan fingerprint density at radius 1 is 1.68 bits per heavy atom. The zero-order chi connectivity index (χ0) is 13.8. The molecule has 1 saturated heterocycles. The van der Waals surface area contributed by atoms with Crippen molar-refractivity contribution in [2.45, 2.75) is 25.0 Å². The largest absolute Gasteiger partial charge is 0.380 e. The number of likely N-dealkylation sites (tertiary alicyclic amines) is 1. The highest BCUT2D eigenvalue weighted by atomic mass is 16.5. The van der Waals surface area contributed by atoms with Gasteiger partial charge < -0.3 is 9.64 Å². The van der Waals surface area contributed by atoms with Crippen LogP contribution in [0.1, 0.15) is 12.1 Å². The van der Waals surface area contributed by atoms with Crippen LogP contribution in [-0.2, 0) is 16.0 Å². The van der Waals surface area contributed by atoms with Crippen molar-refractivity contribution in [3.63, 3.8) is 0 Å². The maximum Gasteiger partial charge on any atom is 0.228 e. The molecule has 0 aromatic carbocycles. The van der Waals surface area contributed by atoms with Crippen molar-refractivity contribution in [1.29, 1.82) is 0 Å². The number of methoxy groups -OCH3 is 1. The second kappa shape index (κ2) is 6.16. The van der Waals surface area contributed by atoms with Crippen molar-refractivity contribution < 1.29 is 9.53 Å². The number of nitrogens with one attached hydrogen (secondary N) is 1. The van der Waals surface area contributed by atoms with Crippen molar-refractivity contribution in [2.75, 3.05) is 34.3 Å². The summed E-state index contributed by atoms with van der Waals surface area (Å²) in [6.45, 7) is 1.67. The van der Waals surface area contributed by atoms with Gasteiger partial charge in [-0.25, -0.2) is 0 Å². The summed E-state index contributed by atoms with van der Waals surface area (Å²) in [6, 6.07) is 2.20. The molecule has 1 N–H and O–H groups in total. The first-order chi connectivity index (χ1) is 9.10. The molecule has 1 fully saturated rings. The lowest BCUT2D eigenvalue weighted by Crippen LogP contribution is -2.40. The summed E-state index contributed by atoms with van der Waals surface area (Å²) in [5, 5.41) is 6.66. The highest BCUT2D eigenvalue weighted by Gasteiger charge is 2.30. The smallest absolute Gasteiger partial charge is 0.228 e. The van der Waals surface area contributed by atoms with E-state index in [2.05, 4.69) is 22.1 Å². The predicted molar refractivity (Wildman–Crippen MR) is 71.8 cm³/mol. The topological polar surface area (TPSA) is 61.5 Å². The lowest BCUT2D eigenvalue weighted by Gasteiger charge is -2.25. The zero-order valence-corrected chi connectivity index (χ0v) is 11.8. The number of nitrogens with zero attached hydrogens (tertiary/aromatic N) is 3. The number of carbonyl (C=O) groups excluding carboxylic acids is 1. The maximum atomic E-state index is 12.1. The van der Waals surface area contributed by atoms with Gasteiger partial charge in [0.2, 0.25) is 5.91 Å². The van der Waals surface area contributed by atoms with Crippen molar-refractivity contribution in [3.05, 3.63) is 18.0 Å². The molecule has 2 rings (SSSR count). The van der Waals surface area contributed by atoms with Crippen LogP contribution in [0.15, 0.2) is 12.3 Å². The minimum Gasteiger partial charge on any atom is -0.380 e. The molecule has 1 amide bonds. The average Bonchev–Trinajstić information content (AvgIpc) is 3.00. The molecule has 0 spiro atoms. The number of aromatic nitrogens is 2. The molecule has 0 aliphatic carbocycles. The maximum absolute atomic E-state index is 12.1. The number of ether oxygens (including phenoxy) is 1. The van der Waals surface area contributed by atoms with E-state index in [1.807, 2.05) is 13.1 Å². The molecule has 1 aliphatic heterocycles. The van der Waals surface area contributed by atoms with Gasteiger partial charge >= 0.3 is 0 Å². The van der Waals surface area contributed by atoms with E-state index in [9.17, 15) is 4.79 Å². The molecular formula is C13H22N4O2. The summed E-state index contributed by atoms with van der Waals surface area (Å²) in [6.07, 6.45) is 3.30. The van der Waals surface area contributed by atoms with Crippen LogP contribution in [-0.4, -0.2) is 72.3 Å². The number of H-pyrrole nitrogens is 1. The van der Waals surface area contributed by atoms with Gasteiger partial charge in [-0.2, -0.15) is 5.10 Å². The number of rotatable bonds is 5. The number of likely N-dealkylation sites (N-methyl/N-ethyl adjacent to an activating group) is 2. The quantitative estimate of drug-likeness (QED) is 0.823. The molecule has 19 heavy (non-hydrogen) atoms. The van der Waals surface area contributed by atoms with Crippen molar-refractivity contribution >= 4 is 5.91 Å². The molecule has 0 bridgehead atoms. The zero-order valence-electron chi connectivity index (χ0n) is 11.8. The third kappa shape index (κ3) is 3.54. The Morgan fingerprint density at radius 3 is 3.05 bits per heavy atom. The summed E-state index contributed by atoms with van der Waals surface area (Å²) in [7, 11) is 5.68. The molecule has 0 unspecified atom stereocenters. The fourth-order valence-electron chi connectivity index (χ4n) is 2.51. The Labute approximate surface area is 113 Å². The fourth-order valence-corrected chi connectivity index (χ4v) is 2.51. The van der Waals surface area contributed by atoms with E-state index in [1.54, 1.807) is 18.2 Å². The highest BCUT2D eigenvalue weighted by molar-refractivity contribution is 5.78. The van der Waals surface area contributed by atoms with Gasteiger partial charge in [0.1, 0.15) is 0 Å². The molecular weight excluding hydrogens is 244 g/mol. The van der Waals surface area contributed by atoms with Crippen molar-refractivity contribution in [3.8, 4) is 0 Å². The SMILES string of the molecule is CO[C@H]1C[C@@H](CN(C)C(=O)Cc2ccn[nH]2)N(C)C1. The number of amides is 1. The molecule has 0 radical (unpaired) electrons. The Hall–Kier alpha value is -1.40. The van der Waals surface area contributed by atoms with E-state index in [4.69, 9.17) is 4.74 Å². The van der Waals surface area contributed by atoms with E-state index < -0.39 is 0 Å². The first-order valence-electron chi connectivity index (χ1n) is 6.55. The summed E-state index contributed by atoms with van der Waals surface area (Å²) < 4.78 is 5.38. The van der Waals surface area contributed by atoms with Crippen LogP contribution in [0.3, 0.4) is 0 Å². The molecule has 0 saturated carbocycles. The van der Waals surface area contributed by atoms with E-state index in [1.165, 1.54) is 0 Å². The first-order valence-corrected chi connectivity index (χ1v) is 6.55. The lowest BCUT2D eigenvalue weighted by molar-refractivity contribution is -0.129. The van der Waals surface area contributed by atoms with Gasteiger partial charge in [0.25, 0.3) is 0 Å². The Morgan fingerprint density at radius 2 is 2.47 bits per heavy atom. The number of hydrogen-bond donors (Lipinski definition) is 1. The average molecular weight is 266 g/mol. The third-order valence-corrected chi connectivity index (χ3v) is 3.79. The number of carbonyl (C=O) groups is 1. The van der Waals surface area contributed by atoms with Crippen LogP contribution in [0.4, 0.5) is 0 Å². The normalized spacial score (nSPS) is 23.7. The molecule has 6 nitrogen and oxygen atoms in total.